The highest BCUT2D eigenvalue weighted by Crippen LogP contribution is 2.12. The number of aryl methyl sites for hydroxylation is 1. The smallest absolute Gasteiger partial charge is 0.0421 e. The van der Waals surface area contributed by atoms with Crippen molar-refractivity contribution in [3.63, 3.8) is 0 Å². The highest BCUT2D eigenvalue weighted by Gasteiger charge is 2.04. The van der Waals surface area contributed by atoms with Crippen LogP contribution in [0.4, 0.5) is 0 Å². The van der Waals surface area contributed by atoms with E-state index in [1.807, 2.05) is 18.7 Å². The lowest BCUT2D eigenvalue weighted by Crippen LogP contribution is -2.12. The lowest BCUT2D eigenvalue weighted by molar-refractivity contribution is 0.618. The number of hydrogen-bond donors (Lipinski definition) is 1. The summed E-state index contributed by atoms with van der Waals surface area (Å²) in [6.07, 6.45) is 3.35. The summed E-state index contributed by atoms with van der Waals surface area (Å²) in [5, 5.41) is 0. The van der Waals surface area contributed by atoms with E-state index in [0.717, 1.165) is 6.54 Å². The summed E-state index contributed by atoms with van der Waals surface area (Å²) in [6.45, 7) is 5.33. The third-order valence-corrected chi connectivity index (χ3v) is 3.21. The van der Waals surface area contributed by atoms with Crippen LogP contribution in [0.1, 0.15) is 32.0 Å². The topological polar surface area (TPSA) is 30.9 Å². The average molecular weight is 212 g/mol. The first kappa shape index (κ1) is 11.7. The third kappa shape index (κ3) is 3.39. The van der Waals surface area contributed by atoms with Crippen LogP contribution >= 0.6 is 11.8 Å². The van der Waals surface area contributed by atoms with Gasteiger partial charge in [0.1, 0.15) is 0 Å². The summed E-state index contributed by atoms with van der Waals surface area (Å²) < 4.78 is 2.26. The molecule has 0 fully saturated rings. The van der Waals surface area contributed by atoms with Gasteiger partial charge in [0.15, 0.2) is 0 Å². The molecular weight excluding hydrogens is 192 g/mol. The Hall–Kier alpha value is -0.410. The van der Waals surface area contributed by atoms with Crippen LogP contribution in [0.2, 0.25) is 0 Å². The van der Waals surface area contributed by atoms with Gasteiger partial charge in [0.25, 0.3) is 0 Å². The van der Waals surface area contributed by atoms with Crippen molar-refractivity contribution in [1.82, 2.24) is 4.57 Å². The Morgan fingerprint density at radius 2 is 2.36 bits per heavy atom. The summed E-state index contributed by atoms with van der Waals surface area (Å²) in [6, 6.07) is 4.33. The summed E-state index contributed by atoms with van der Waals surface area (Å²) in [5.41, 5.74) is 7.11. The first-order valence-corrected chi connectivity index (χ1v) is 6.39. The molecule has 0 spiro atoms. The molecule has 0 aliphatic rings. The Morgan fingerprint density at radius 3 is 3.00 bits per heavy atom. The van der Waals surface area contributed by atoms with Gasteiger partial charge in [-0.15, -0.1) is 0 Å². The minimum absolute atomic E-state index is 0.142. The zero-order valence-electron chi connectivity index (χ0n) is 9.07. The minimum atomic E-state index is 0.142. The minimum Gasteiger partial charge on any atom is -0.350 e. The molecular formula is C11H20N2S. The molecule has 0 saturated heterocycles. The number of thioether (sulfide) groups is 1. The predicted molar refractivity (Wildman–Crippen MR) is 64.7 cm³/mol. The normalized spacial score (nSPS) is 13.1. The molecule has 1 unspecified atom stereocenters. The van der Waals surface area contributed by atoms with E-state index in [1.165, 1.54) is 23.6 Å². The number of nitrogens with two attached hydrogens (primary N) is 1. The second-order valence-corrected chi connectivity index (χ2v) is 4.86. The number of aromatic nitrogens is 1. The number of rotatable bonds is 6. The van der Waals surface area contributed by atoms with Gasteiger partial charge >= 0.3 is 0 Å². The quantitative estimate of drug-likeness (QED) is 0.735. The van der Waals surface area contributed by atoms with Crippen molar-refractivity contribution in [2.75, 3.05) is 11.5 Å². The van der Waals surface area contributed by atoms with Crippen LogP contribution in [0, 0.1) is 0 Å². The molecule has 3 heteroatoms. The van der Waals surface area contributed by atoms with E-state index in [9.17, 15) is 0 Å². The molecule has 1 heterocycles. The molecule has 1 atom stereocenters. The predicted octanol–water partition coefficient (Wildman–Crippen LogP) is 2.65. The maximum absolute atomic E-state index is 5.86. The van der Waals surface area contributed by atoms with Crippen molar-refractivity contribution in [3.8, 4) is 0 Å². The van der Waals surface area contributed by atoms with E-state index >= 15 is 0 Å². The molecule has 0 aromatic carbocycles. The molecule has 1 aromatic heterocycles. The summed E-state index contributed by atoms with van der Waals surface area (Å²) >= 11 is 2.00. The summed E-state index contributed by atoms with van der Waals surface area (Å²) in [7, 11) is 0. The fourth-order valence-corrected chi connectivity index (χ4v) is 2.15. The molecule has 80 valence electrons. The molecule has 14 heavy (non-hydrogen) atoms. The van der Waals surface area contributed by atoms with E-state index in [0.29, 0.717) is 0 Å². The first-order valence-electron chi connectivity index (χ1n) is 5.24. The van der Waals surface area contributed by atoms with Gasteiger partial charge in [-0.25, -0.2) is 0 Å². The molecule has 0 radical (unpaired) electrons. The molecule has 0 aliphatic carbocycles. The zero-order valence-corrected chi connectivity index (χ0v) is 9.89. The van der Waals surface area contributed by atoms with Gasteiger partial charge in [0.05, 0.1) is 0 Å². The Kier molecular flexibility index (Phi) is 5.12. The Balaban J connectivity index is 2.38. The Morgan fingerprint density at radius 1 is 1.57 bits per heavy atom. The largest absolute Gasteiger partial charge is 0.350 e. The van der Waals surface area contributed by atoms with Crippen LogP contribution < -0.4 is 5.73 Å². The first-order chi connectivity index (χ1) is 6.75. The lowest BCUT2D eigenvalue weighted by Gasteiger charge is -2.11. The molecule has 2 nitrogen and oxygen atoms in total. The highest BCUT2D eigenvalue weighted by molar-refractivity contribution is 7.99. The Bertz CT molecular complexity index is 256. The van der Waals surface area contributed by atoms with Gasteiger partial charge in [-0.05, 0) is 37.0 Å². The highest BCUT2D eigenvalue weighted by atomic mass is 32.2. The second kappa shape index (κ2) is 6.14. The van der Waals surface area contributed by atoms with Crippen molar-refractivity contribution < 1.29 is 0 Å². The van der Waals surface area contributed by atoms with E-state index in [1.54, 1.807) is 0 Å². The van der Waals surface area contributed by atoms with Crippen LogP contribution in [0.25, 0.3) is 0 Å². The standard InChI is InChI=1S/C11H20N2S/c1-3-14-9-5-8-13-7-4-6-11(13)10(2)12/h4,6-7,10H,3,5,8-9,12H2,1-2H3. The summed E-state index contributed by atoms with van der Waals surface area (Å²) in [5.74, 6) is 2.46. The fourth-order valence-electron chi connectivity index (χ4n) is 1.53. The van der Waals surface area contributed by atoms with Crippen LogP contribution in [-0.4, -0.2) is 16.1 Å². The second-order valence-electron chi connectivity index (χ2n) is 3.47. The van der Waals surface area contributed by atoms with Crippen LogP contribution in [0.3, 0.4) is 0 Å². The van der Waals surface area contributed by atoms with Gasteiger partial charge in [-0.2, -0.15) is 11.8 Å². The van der Waals surface area contributed by atoms with Crippen LogP contribution in [0.15, 0.2) is 18.3 Å². The molecule has 0 aliphatic heterocycles. The third-order valence-electron chi connectivity index (χ3n) is 2.22. The van der Waals surface area contributed by atoms with E-state index in [2.05, 4.69) is 29.8 Å². The molecule has 0 saturated carbocycles. The van der Waals surface area contributed by atoms with Gasteiger partial charge in [-0.1, -0.05) is 6.92 Å². The monoisotopic (exact) mass is 212 g/mol. The average Bonchev–Trinajstić information content (AvgIpc) is 2.60. The van der Waals surface area contributed by atoms with Crippen LogP contribution in [-0.2, 0) is 6.54 Å². The molecule has 0 bridgehead atoms. The maximum atomic E-state index is 5.86. The fraction of sp³-hybridized carbons (Fsp3) is 0.636. The Labute approximate surface area is 90.9 Å². The van der Waals surface area contributed by atoms with Gasteiger partial charge < -0.3 is 10.3 Å². The van der Waals surface area contributed by atoms with Crippen molar-refractivity contribution in [3.05, 3.63) is 24.0 Å². The van der Waals surface area contributed by atoms with E-state index in [-0.39, 0.29) is 6.04 Å². The SMILES string of the molecule is CCSCCCn1cccc1C(C)N. The van der Waals surface area contributed by atoms with Crippen LogP contribution in [0.5, 0.6) is 0 Å². The molecule has 1 aromatic rings. The molecule has 0 amide bonds. The van der Waals surface area contributed by atoms with Gasteiger partial charge in [0, 0.05) is 24.5 Å². The van der Waals surface area contributed by atoms with Crippen molar-refractivity contribution in [2.24, 2.45) is 5.73 Å². The van der Waals surface area contributed by atoms with Gasteiger partial charge in [0.2, 0.25) is 0 Å². The molecule has 2 N–H and O–H groups in total. The van der Waals surface area contributed by atoms with Crippen molar-refractivity contribution >= 4 is 11.8 Å². The van der Waals surface area contributed by atoms with Crippen molar-refractivity contribution in [1.29, 1.82) is 0 Å². The number of hydrogen-bond acceptors (Lipinski definition) is 2. The van der Waals surface area contributed by atoms with E-state index < -0.39 is 0 Å². The molecule has 1 rings (SSSR count). The van der Waals surface area contributed by atoms with E-state index in [4.69, 9.17) is 5.73 Å². The lowest BCUT2D eigenvalue weighted by atomic mass is 10.2. The van der Waals surface area contributed by atoms with Crippen molar-refractivity contribution in [2.45, 2.75) is 32.9 Å². The summed E-state index contributed by atoms with van der Waals surface area (Å²) in [4.78, 5) is 0. The van der Waals surface area contributed by atoms with Gasteiger partial charge in [-0.3, -0.25) is 0 Å². The number of nitrogens with zero attached hydrogens (tertiary/aromatic N) is 1. The maximum Gasteiger partial charge on any atom is 0.0421 e. The zero-order chi connectivity index (χ0) is 10.4.